The van der Waals surface area contributed by atoms with Crippen LogP contribution in [0.5, 0.6) is 11.5 Å². The molecule has 0 atom stereocenters. The normalized spacial score (nSPS) is 10.7. The first kappa shape index (κ1) is 18.3. The van der Waals surface area contributed by atoms with Gasteiger partial charge in [-0.3, -0.25) is 9.36 Å². The van der Waals surface area contributed by atoms with Crippen molar-refractivity contribution >= 4 is 33.7 Å². The highest BCUT2D eigenvalue weighted by molar-refractivity contribution is 9.10. The Labute approximate surface area is 161 Å². The number of carboxylic acid groups (broad SMARTS) is 1. The molecule has 0 spiro atoms. The minimum atomic E-state index is -0.959. The number of thioether (sulfide) groups is 1. The summed E-state index contributed by atoms with van der Waals surface area (Å²) in [5.74, 6) is 0.767. The summed E-state index contributed by atoms with van der Waals surface area (Å²) in [6.45, 7) is 0. The van der Waals surface area contributed by atoms with Crippen LogP contribution < -0.4 is 9.47 Å². The van der Waals surface area contributed by atoms with Gasteiger partial charge in [0.25, 0.3) is 0 Å². The van der Waals surface area contributed by atoms with E-state index in [0.717, 1.165) is 11.8 Å². The third-order valence-corrected chi connectivity index (χ3v) is 4.72. The van der Waals surface area contributed by atoms with Gasteiger partial charge in [-0.05, 0) is 40.2 Å². The van der Waals surface area contributed by atoms with Crippen LogP contribution >= 0.6 is 27.7 Å². The Balaban J connectivity index is 2.24. The second-order valence-corrected chi connectivity index (χ2v) is 6.66. The zero-order valence-electron chi connectivity index (χ0n) is 13.8. The van der Waals surface area contributed by atoms with Gasteiger partial charge in [-0.25, -0.2) is 0 Å². The van der Waals surface area contributed by atoms with Crippen LogP contribution in [0.25, 0.3) is 17.3 Å². The van der Waals surface area contributed by atoms with Gasteiger partial charge >= 0.3 is 5.97 Å². The Hall–Kier alpha value is -2.46. The summed E-state index contributed by atoms with van der Waals surface area (Å²) in [5, 5.41) is 17.7. The lowest BCUT2D eigenvalue weighted by molar-refractivity contribution is -0.133. The number of halogens is 1. The topological polar surface area (TPSA) is 99.6 Å². The number of hydrogen-bond acceptors (Lipinski definition) is 7. The third-order valence-electron chi connectivity index (χ3n) is 3.38. The van der Waals surface area contributed by atoms with Crippen LogP contribution in [0.4, 0.5) is 0 Å². The van der Waals surface area contributed by atoms with Crippen LogP contribution in [0.1, 0.15) is 0 Å². The van der Waals surface area contributed by atoms with Crippen LogP contribution in [-0.4, -0.2) is 45.8 Å². The third kappa shape index (κ3) is 3.56. The Morgan fingerprint density at radius 2 is 1.92 bits per heavy atom. The maximum absolute atomic E-state index is 11.0. The molecule has 26 heavy (non-hydrogen) atoms. The zero-order chi connectivity index (χ0) is 18.7. The van der Waals surface area contributed by atoms with E-state index in [0.29, 0.717) is 38.6 Å². The average molecular weight is 440 g/mol. The number of carboxylic acids is 1. The van der Waals surface area contributed by atoms with Crippen molar-refractivity contribution in [3.63, 3.8) is 0 Å². The average Bonchev–Trinajstić information content (AvgIpc) is 3.24. The lowest BCUT2D eigenvalue weighted by Crippen LogP contribution is -2.06. The quantitative estimate of drug-likeness (QED) is 0.558. The van der Waals surface area contributed by atoms with E-state index in [1.807, 2.05) is 0 Å². The lowest BCUT2D eigenvalue weighted by atomic mass is 10.2. The van der Waals surface area contributed by atoms with Crippen LogP contribution in [0, 0.1) is 0 Å². The molecule has 0 saturated carbocycles. The molecule has 2 aromatic heterocycles. The van der Waals surface area contributed by atoms with Crippen molar-refractivity contribution < 1.29 is 23.8 Å². The summed E-state index contributed by atoms with van der Waals surface area (Å²) in [6, 6.07) is 8.80. The van der Waals surface area contributed by atoms with E-state index >= 15 is 0 Å². The first-order valence-corrected chi connectivity index (χ1v) is 9.10. The fourth-order valence-electron chi connectivity index (χ4n) is 2.34. The predicted octanol–water partition coefficient (Wildman–Crippen LogP) is 3.48. The van der Waals surface area contributed by atoms with Crippen LogP contribution in [0.2, 0.25) is 0 Å². The number of para-hydroxylation sites is 1. The Morgan fingerprint density at radius 3 is 2.46 bits per heavy atom. The minimum Gasteiger partial charge on any atom is -0.494 e. The number of nitrogens with zero attached hydrogens (tertiary/aromatic N) is 3. The molecule has 0 radical (unpaired) electrons. The number of aliphatic carboxylic acids is 1. The largest absolute Gasteiger partial charge is 0.494 e. The number of aromatic nitrogens is 3. The monoisotopic (exact) mass is 439 g/mol. The van der Waals surface area contributed by atoms with Gasteiger partial charge in [0, 0.05) is 0 Å². The molecule has 0 saturated heterocycles. The molecule has 0 amide bonds. The van der Waals surface area contributed by atoms with Crippen molar-refractivity contribution in [2.75, 3.05) is 20.0 Å². The van der Waals surface area contributed by atoms with Crippen molar-refractivity contribution in [3.05, 3.63) is 35.0 Å². The first-order valence-electron chi connectivity index (χ1n) is 7.32. The molecule has 0 aliphatic rings. The number of benzene rings is 1. The van der Waals surface area contributed by atoms with Crippen molar-refractivity contribution in [2.45, 2.75) is 5.16 Å². The molecule has 8 nitrogen and oxygen atoms in total. The summed E-state index contributed by atoms with van der Waals surface area (Å²) >= 11 is 4.30. The fraction of sp³-hybridized carbons (Fsp3) is 0.188. The van der Waals surface area contributed by atoms with Crippen molar-refractivity contribution in [1.82, 2.24) is 14.8 Å². The van der Waals surface area contributed by atoms with E-state index in [4.69, 9.17) is 19.0 Å². The Bertz CT molecular complexity index is 918. The first-order chi connectivity index (χ1) is 12.5. The maximum atomic E-state index is 11.0. The smallest absolute Gasteiger partial charge is 0.313 e. The van der Waals surface area contributed by atoms with Crippen molar-refractivity contribution in [2.24, 2.45) is 0 Å². The highest BCUT2D eigenvalue weighted by Crippen LogP contribution is 2.38. The van der Waals surface area contributed by atoms with E-state index in [2.05, 4.69) is 26.1 Å². The Kier molecular flexibility index (Phi) is 5.52. The molecule has 2 heterocycles. The molecule has 0 bridgehead atoms. The predicted molar refractivity (Wildman–Crippen MR) is 98.2 cm³/mol. The number of rotatable bonds is 7. The number of carbonyl (C=O) groups is 1. The van der Waals surface area contributed by atoms with Gasteiger partial charge in [0.1, 0.15) is 17.2 Å². The van der Waals surface area contributed by atoms with E-state index in [1.165, 1.54) is 14.2 Å². The van der Waals surface area contributed by atoms with Gasteiger partial charge < -0.3 is 19.0 Å². The van der Waals surface area contributed by atoms with Gasteiger partial charge in [0.15, 0.2) is 15.6 Å². The number of furan rings is 1. The molecule has 0 fully saturated rings. The standard InChI is InChI=1S/C16H14BrN3O5S/c1-23-9-4-3-5-10(24-2)14(9)20-15(11-6-7-12(17)25-11)18-19-16(20)26-8-13(21)22/h3-7H,8H2,1-2H3,(H,21,22). The molecule has 1 aromatic carbocycles. The number of hydrogen-bond donors (Lipinski definition) is 1. The van der Waals surface area contributed by atoms with E-state index in [1.54, 1.807) is 34.9 Å². The van der Waals surface area contributed by atoms with Gasteiger partial charge in [-0.2, -0.15) is 0 Å². The van der Waals surface area contributed by atoms with Crippen LogP contribution in [-0.2, 0) is 4.79 Å². The maximum Gasteiger partial charge on any atom is 0.313 e. The summed E-state index contributed by atoms with van der Waals surface area (Å²) in [5.41, 5.74) is 0.554. The van der Waals surface area contributed by atoms with E-state index in [9.17, 15) is 4.79 Å². The number of ether oxygens (including phenoxy) is 2. The summed E-state index contributed by atoms with van der Waals surface area (Å²) in [7, 11) is 3.08. The van der Waals surface area contributed by atoms with Gasteiger partial charge in [0.05, 0.1) is 20.0 Å². The zero-order valence-corrected chi connectivity index (χ0v) is 16.2. The van der Waals surface area contributed by atoms with Gasteiger partial charge in [-0.1, -0.05) is 17.8 Å². The highest BCUT2D eigenvalue weighted by atomic mass is 79.9. The molecule has 136 valence electrons. The van der Waals surface area contributed by atoms with Crippen LogP contribution in [0.15, 0.2) is 44.6 Å². The number of methoxy groups -OCH3 is 2. The van der Waals surface area contributed by atoms with Crippen molar-refractivity contribution in [1.29, 1.82) is 0 Å². The molecule has 0 unspecified atom stereocenters. The van der Waals surface area contributed by atoms with Crippen LogP contribution in [0.3, 0.4) is 0 Å². The molecule has 0 aliphatic heterocycles. The molecule has 1 N–H and O–H groups in total. The van der Waals surface area contributed by atoms with E-state index < -0.39 is 5.97 Å². The molecule has 3 aromatic rings. The second-order valence-electron chi connectivity index (χ2n) is 4.94. The minimum absolute atomic E-state index is 0.169. The summed E-state index contributed by atoms with van der Waals surface area (Å²) in [6.07, 6.45) is 0. The van der Waals surface area contributed by atoms with Gasteiger partial charge in [0.2, 0.25) is 5.82 Å². The summed E-state index contributed by atoms with van der Waals surface area (Å²) in [4.78, 5) is 11.0. The highest BCUT2D eigenvalue weighted by Gasteiger charge is 2.24. The molecule has 0 aliphatic carbocycles. The van der Waals surface area contributed by atoms with E-state index in [-0.39, 0.29) is 5.75 Å². The molecular formula is C16H14BrN3O5S. The second kappa shape index (κ2) is 7.83. The fourth-order valence-corrected chi connectivity index (χ4v) is 3.30. The lowest BCUT2D eigenvalue weighted by Gasteiger charge is -2.16. The molecule has 3 rings (SSSR count). The summed E-state index contributed by atoms with van der Waals surface area (Å²) < 4.78 is 18.7. The molecular weight excluding hydrogens is 426 g/mol. The Morgan fingerprint density at radius 1 is 1.23 bits per heavy atom. The van der Waals surface area contributed by atoms with Crippen molar-refractivity contribution in [3.8, 4) is 28.8 Å². The molecule has 10 heteroatoms. The van der Waals surface area contributed by atoms with Gasteiger partial charge in [-0.15, -0.1) is 10.2 Å². The SMILES string of the molecule is COc1cccc(OC)c1-n1c(SCC(=O)O)nnc1-c1ccc(Br)o1.